The average molecular weight is 510 g/mol. The molecule has 1 fully saturated rings. The van der Waals surface area contributed by atoms with Gasteiger partial charge in [-0.2, -0.15) is 13.2 Å². The second-order valence-electron chi connectivity index (χ2n) is 9.86. The summed E-state index contributed by atoms with van der Waals surface area (Å²) in [6, 6.07) is 12.0. The van der Waals surface area contributed by atoms with E-state index in [1.807, 2.05) is 35.2 Å². The Morgan fingerprint density at radius 3 is 2.49 bits per heavy atom. The van der Waals surface area contributed by atoms with Crippen LogP contribution in [0.15, 0.2) is 48.8 Å². The van der Waals surface area contributed by atoms with E-state index < -0.39 is 11.9 Å². The van der Waals surface area contributed by atoms with Crippen LogP contribution >= 0.6 is 0 Å². The second kappa shape index (κ2) is 9.99. The summed E-state index contributed by atoms with van der Waals surface area (Å²) < 4.78 is 40.6. The minimum Gasteiger partial charge on any atom is -0.369 e. The third-order valence-corrected chi connectivity index (χ3v) is 6.89. The molecule has 37 heavy (non-hydrogen) atoms. The van der Waals surface area contributed by atoms with E-state index in [0.29, 0.717) is 48.9 Å². The van der Waals surface area contributed by atoms with Gasteiger partial charge in [0.1, 0.15) is 5.82 Å². The lowest BCUT2D eigenvalue weighted by atomic mass is 9.96. The van der Waals surface area contributed by atoms with E-state index >= 15 is 0 Å². The average Bonchev–Trinajstić information content (AvgIpc) is 3.29. The largest absolute Gasteiger partial charge is 0.434 e. The van der Waals surface area contributed by atoms with Gasteiger partial charge in [-0.1, -0.05) is 38.1 Å². The number of imidazole rings is 1. The van der Waals surface area contributed by atoms with Crippen LogP contribution in [0.5, 0.6) is 0 Å². The summed E-state index contributed by atoms with van der Waals surface area (Å²) in [5.41, 5.74) is 1.96. The van der Waals surface area contributed by atoms with Crippen molar-refractivity contribution < 1.29 is 13.2 Å². The number of aryl methyl sites for hydroxylation is 1. The maximum Gasteiger partial charge on any atom is 0.434 e. The third-order valence-electron chi connectivity index (χ3n) is 6.89. The van der Waals surface area contributed by atoms with Crippen LogP contribution in [0.25, 0.3) is 22.4 Å². The van der Waals surface area contributed by atoms with Crippen LogP contribution in [0.4, 0.5) is 24.9 Å². The normalized spacial score (nSPS) is 15.1. The number of pyridine rings is 1. The van der Waals surface area contributed by atoms with Gasteiger partial charge < -0.3 is 14.8 Å². The fourth-order valence-corrected chi connectivity index (χ4v) is 4.89. The molecule has 10 heteroatoms. The maximum absolute atomic E-state index is 13.1. The number of nitrogens with zero attached hydrogens (tertiary/aromatic N) is 6. The number of anilines is 2. The quantitative estimate of drug-likeness (QED) is 0.349. The van der Waals surface area contributed by atoms with Crippen LogP contribution in [-0.4, -0.2) is 44.1 Å². The first-order valence-electron chi connectivity index (χ1n) is 12.5. The lowest BCUT2D eigenvalue weighted by Crippen LogP contribution is -2.37. The van der Waals surface area contributed by atoms with Gasteiger partial charge in [0.2, 0.25) is 5.95 Å². The van der Waals surface area contributed by atoms with E-state index in [-0.39, 0.29) is 0 Å². The summed E-state index contributed by atoms with van der Waals surface area (Å²) in [6.07, 6.45) is 0.0139. The molecule has 0 atom stereocenters. The number of alkyl halides is 3. The van der Waals surface area contributed by atoms with Crippen LogP contribution in [-0.2, 0) is 13.2 Å². The number of fused-ring (bicyclic) bond motifs is 1. The fourth-order valence-electron chi connectivity index (χ4n) is 4.89. The number of hydrogen-bond donors (Lipinski definition) is 1. The number of rotatable bonds is 6. The Labute approximate surface area is 213 Å². The van der Waals surface area contributed by atoms with Crippen molar-refractivity contribution in [2.24, 2.45) is 13.0 Å². The van der Waals surface area contributed by atoms with Crippen molar-refractivity contribution in [3.05, 3.63) is 60.0 Å². The van der Waals surface area contributed by atoms with Gasteiger partial charge in [0.25, 0.3) is 0 Å². The number of piperidine rings is 1. The Bertz CT molecular complexity index is 1390. The van der Waals surface area contributed by atoms with E-state index in [1.54, 1.807) is 13.2 Å². The van der Waals surface area contributed by atoms with E-state index in [1.165, 1.54) is 10.1 Å². The van der Waals surface area contributed by atoms with Crippen LogP contribution in [0.2, 0.25) is 0 Å². The zero-order chi connectivity index (χ0) is 26.2. The Morgan fingerprint density at radius 1 is 1.03 bits per heavy atom. The molecule has 1 aliphatic heterocycles. The van der Waals surface area contributed by atoms with Gasteiger partial charge in [0, 0.05) is 44.6 Å². The first-order valence-corrected chi connectivity index (χ1v) is 12.5. The monoisotopic (exact) mass is 509 g/mol. The molecule has 7 nitrogen and oxygen atoms in total. The number of aromatic nitrogens is 5. The van der Waals surface area contributed by atoms with Crippen molar-refractivity contribution in [3.8, 4) is 11.4 Å². The molecule has 0 saturated carbocycles. The Morgan fingerprint density at radius 2 is 1.78 bits per heavy atom. The molecular weight excluding hydrogens is 479 g/mol. The molecule has 5 rings (SSSR count). The van der Waals surface area contributed by atoms with Crippen molar-refractivity contribution in [3.63, 3.8) is 0 Å². The smallest absolute Gasteiger partial charge is 0.369 e. The number of hydrogen-bond acceptors (Lipinski definition) is 6. The molecule has 0 unspecified atom stereocenters. The molecule has 1 saturated heterocycles. The van der Waals surface area contributed by atoms with Gasteiger partial charge in [0.05, 0.1) is 5.39 Å². The van der Waals surface area contributed by atoms with E-state index in [4.69, 9.17) is 9.97 Å². The number of nitrogens with one attached hydrogen (secondary N) is 1. The highest BCUT2D eigenvalue weighted by atomic mass is 19.4. The molecule has 4 heterocycles. The van der Waals surface area contributed by atoms with Gasteiger partial charge in [-0.15, -0.1) is 0 Å². The molecule has 0 radical (unpaired) electrons. The Kier molecular flexibility index (Phi) is 6.74. The van der Waals surface area contributed by atoms with Crippen molar-refractivity contribution in [1.29, 1.82) is 0 Å². The number of benzene rings is 1. The van der Waals surface area contributed by atoms with Crippen LogP contribution in [0.3, 0.4) is 0 Å². The molecule has 0 bridgehead atoms. The molecular formula is C27H30F3N7. The predicted molar refractivity (Wildman–Crippen MR) is 138 cm³/mol. The van der Waals surface area contributed by atoms with Crippen LogP contribution in [0, 0.1) is 5.92 Å². The SMILES string of the molecule is CC(C)c1ccccc1-c1nc(NCC2CCN(c3nc(C(F)(F)F)cn3C)CC2)c2cccnc2n1. The van der Waals surface area contributed by atoms with E-state index in [9.17, 15) is 13.2 Å². The molecule has 0 aliphatic carbocycles. The molecule has 194 valence electrons. The topological polar surface area (TPSA) is 71.8 Å². The summed E-state index contributed by atoms with van der Waals surface area (Å²) in [5, 5.41) is 4.39. The minimum atomic E-state index is -4.44. The predicted octanol–water partition coefficient (Wildman–Crippen LogP) is 5.90. The first kappa shape index (κ1) is 25.0. The zero-order valence-corrected chi connectivity index (χ0v) is 21.1. The van der Waals surface area contributed by atoms with Crippen molar-refractivity contribution in [2.75, 3.05) is 29.9 Å². The fraction of sp³-hybridized carbons (Fsp3) is 0.407. The molecule has 1 aliphatic rings. The van der Waals surface area contributed by atoms with Crippen molar-refractivity contribution in [1.82, 2.24) is 24.5 Å². The molecule has 0 amide bonds. The van der Waals surface area contributed by atoms with E-state index in [0.717, 1.165) is 35.8 Å². The van der Waals surface area contributed by atoms with Gasteiger partial charge in [-0.05, 0) is 42.4 Å². The van der Waals surface area contributed by atoms with Crippen LogP contribution in [0.1, 0.15) is 43.9 Å². The van der Waals surface area contributed by atoms with Crippen molar-refractivity contribution >= 4 is 22.8 Å². The summed E-state index contributed by atoms with van der Waals surface area (Å²) in [5.74, 6) is 2.43. The van der Waals surface area contributed by atoms with Gasteiger partial charge in [-0.3, -0.25) is 0 Å². The minimum absolute atomic E-state index is 0.326. The van der Waals surface area contributed by atoms with Gasteiger partial charge >= 0.3 is 6.18 Å². The molecule has 4 aromatic rings. The summed E-state index contributed by atoms with van der Waals surface area (Å²) >= 11 is 0. The Balaban J connectivity index is 1.32. The Hall–Kier alpha value is -3.69. The van der Waals surface area contributed by atoms with Gasteiger partial charge in [0.15, 0.2) is 17.2 Å². The van der Waals surface area contributed by atoms with Crippen molar-refractivity contribution in [2.45, 2.75) is 38.8 Å². The van der Waals surface area contributed by atoms with E-state index in [2.05, 4.69) is 35.2 Å². The lowest BCUT2D eigenvalue weighted by Gasteiger charge is -2.32. The highest BCUT2D eigenvalue weighted by molar-refractivity contribution is 5.88. The summed E-state index contributed by atoms with van der Waals surface area (Å²) in [6.45, 7) is 6.30. The third kappa shape index (κ3) is 5.23. The zero-order valence-electron chi connectivity index (χ0n) is 21.1. The van der Waals surface area contributed by atoms with Gasteiger partial charge in [-0.25, -0.2) is 19.9 Å². The summed E-state index contributed by atoms with van der Waals surface area (Å²) in [7, 11) is 1.61. The first-order chi connectivity index (χ1) is 17.7. The highest BCUT2D eigenvalue weighted by Crippen LogP contribution is 2.32. The number of halogens is 3. The molecule has 1 aromatic carbocycles. The molecule has 0 spiro atoms. The summed E-state index contributed by atoms with van der Waals surface area (Å²) in [4.78, 5) is 19.9. The molecule has 1 N–H and O–H groups in total. The highest BCUT2D eigenvalue weighted by Gasteiger charge is 2.35. The standard InChI is InChI=1S/C27H30F3N7/c1-17(2)19-7-4-5-8-20(19)25-34-23-21(9-6-12-31-23)24(35-25)32-15-18-10-13-37(14-11-18)26-33-22(16-36(26)3)27(28,29)30/h4-9,12,16-18H,10-11,13-15H2,1-3H3,(H,31,32,34,35). The maximum atomic E-state index is 13.1. The second-order valence-corrected chi connectivity index (χ2v) is 9.86. The lowest BCUT2D eigenvalue weighted by molar-refractivity contribution is -0.140. The van der Waals surface area contributed by atoms with Crippen LogP contribution < -0.4 is 10.2 Å². The molecule has 3 aromatic heterocycles.